The van der Waals surface area contributed by atoms with E-state index in [1.54, 1.807) is 19.1 Å². The lowest BCUT2D eigenvalue weighted by atomic mass is 10.0. The van der Waals surface area contributed by atoms with Crippen molar-refractivity contribution < 1.29 is 28.7 Å². The van der Waals surface area contributed by atoms with E-state index in [2.05, 4.69) is 16.0 Å². The number of urea groups is 1. The maximum atomic E-state index is 13.4. The molecule has 0 unspecified atom stereocenters. The van der Waals surface area contributed by atoms with Gasteiger partial charge >= 0.3 is 12.0 Å². The van der Waals surface area contributed by atoms with Crippen LogP contribution in [0.3, 0.4) is 0 Å². The fourth-order valence-electron chi connectivity index (χ4n) is 4.28. The van der Waals surface area contributed by atoms with Crippen molar-refractivity contribution in [2.45, 2.75) is 25.9 Å². The van der Waals surface area contributed by atoms with E-state index in [0.717, 1.165) is 11.1 Å². The lowest BCUT2D eigenvalue weighted by Crippen LogP contribution is -2.43. The summed E-state index contributed by atoms with van der Waals surface area (Å²) < 4.78 is 10.8. The minimum atomic E-state index is -0.608. The van der Waals surface area contributed by atoms with E-state index < -0.39 is 29.9 Å². The number of carbonyl (C=O) groups is 4. The Bertz CT molecular complexity index is 1330. The summed E-state index contributed by atoms with van der Waals surface area (Å²) in [6, 6.07) is 22.4. The minimum absolute atomic E-state index is 0.0369. The van der Waals surface area contributed by atoms with Crippen molar-refractivity contribution in [3.05, 3.63) is 95.6 Å². The van der Waals surface area contributed by atoms with Gasteiger partial charge in [-0.25, -0.2) is 4.79 Å². The summed E-state index contributed by atoms with van der Waals surface area (Å²) in [5, 5.41) is 8.37. The minimum Gasteiger partial charge on any atom is -0.491 e. The number of rotatable bonds is 10. The zero-order valence-electron chi connectivity index (χ0n) is 22.2. The van der Waals surface area contributed by atoms with Crippen LogP contribution in [0, 0.1) is 0 Å². The number of nitrogens with one attached hydrogen (secondary N) is 3. The van der Waals surface area contributed by atoms with Crippen molar-refractivity contribution in [2.24, 2.45) is 0 Å². The average molecular weight is 545 g/mol. The Labute approximate surface area is 232 Å². The first-order valence-electron chi connectivity index (χ1n) is 13.1. The molecule has 208 valence electrons. The maximum absolute atomic E-state index is 13.4. The van der Waals surface area contributed by atoms with Gasteiger partial charge in [0, 0.05) is 12.2 Å². The molecule has 3 aromatic rings. The lowest BCUT2D eigenvalue weighted by molar-refractivity contribution is -0.143. The van der Waals surface area contributed by atoms with E-state index in [-0.39, 0.29) is 38.3 Å². The molecule has 40 heavy (non-hydrogen) atoms. The quantitative estimate of drug-likeness (QED) is 0.335. The van der Waals surface area contributed by atoms with Crippen LogP contribution in [-0.2, 0) is 20.9 Å². The number of fused-ring (bicyclic) bond motifs is 1. The third kappa shape index (κ3) is 7.83. The van der Waals surface area contributed by atoms with Crippen molar-refractivity contribution in [3.8, 4) is 5.75 Å². The van der Waals surface area contributed by atoms with E-state index in [0.29, 0.717) is 18.0 Å². The first-order chi connectivity index (χ1) is 19.4. The molecule has 1 aliphatic rings. The van der Waals surface area contributed by atoms with Crippen molar-refractivity contribution in [3.63, 3.8) is 0 Å². The van der Waals surface area contributed by atoms with Gasteiger partial charge in [0.05, 0.1) is 37.7 Å². The highest BCUT2D eigenvalue weighted by Gasteiger charge is 2.27. The van der Waals surface area contributed by atoms with Crippen molar-refractivity contribution >= 4 is 29.5 Å². The molecule has 0 aliphatic carbocycles. The Kier molecular flexibility index (Phi) is 9.71. The number of hydrogen-bond acceptors (Lipinski definition) is 6. The summed E-state index contributed by atoms with van der Waals surface area (Å²) in [6.45, 7) is 2.46. The highest BCUT2D eigenvalue weighted by molar-refractivity contribution is 6.01. The van der Waals surface area contributed by atoms with Crippen LogP contribution < -0.4 is 20.7 Å². The molecule has 0 spiro atoms. The number of nitrogens with zero attached hydrogens (tertiary/aromatic N) is 1. The predicted molar refractivity (Wildman–Crippen MR) is 149 cm³/mol. The molecule has 1 heterocycles. The molecule has 1 aliphatic heterocycles. The lowest BCUT2D eigenvalue weighted by Gasteiger charge is -2.23. The SMILES string of the molecule is CCOC(=O)C[C@@H](NC(=O)CN1CCOc2ccc(NC(=O)NCc3ccccc3)cc2C1=O)c1ccccc1. The molecule has 4 amide bonds. The summed E-state index contributed by atoms with van der Waals surface area (Å²) in [7, 11) is 0. The maximum Gasteiger partial charge on any atom is 0.319 e. The largest absolute Gasteiger partial charge is 0.491 e. The van der Waals surface area contributed by atoms with Crippen LogP contribution in [0.1, 0.15) is 40.9 Å². The Morgan fingerprint density at radius 3 is 2.45 bits per heavy atom. The van der Waals surface area contributed by atoms with E-state index in [1.165, 1.54) is 11.0 Å². The Morgan fingerprint density at radius 1 is 1.00 bits per heavy atom. The number of carbonyl (C=O) groups excluding carboxylic acids is 4. The van der Waals surface area contributed by atoms with Gasteiger partial charge in [0.25, 0.3) is 5.91 Å². The summed E-state index contributed by atoms with van der Waals surface area (Å²) in [5.41, 5.74) is 2.35. The third-order valence-electron chi connectivity index (χ3n) is 6.22. The Hall–Kier alpha value is -4.86. The normalized spacial score (nSPS) is 13.2. The number of hydrogen-bond donors (Lipinski definition) is 3. The predicted octanol–water partition coefficient (Wildman–Crippen LogP) is 3.65. The molecule has 0 aromatic heterocycles. The van der Waals surface area contributed by atoms with Gasteiger partial charge in [-0.2, -0.15) is 0 Å². The first kappa shape index (κ1) is 28.2. The molecule has 0 saturated heterocycles. The third-order valence-corrected chi connectivity index (χ3v) is 6.22. The topological polar surface area (TPSA) is 126 Å². The molecule has 1 atom stereocenters. The zero-order valence-corrected chi connectivity index (χ0v) is 22.2. The summed E-state index contributed by atoms with van der Waals surface area (Å²) in [4.78, 5) is 52.4. The molecule has 0 saturated carbocycles. The van der Waals surface area contributed by atoms with E-state index in [1.807, 2.05) is 60.7 Å². The van der Waals surface area contributed by atoms with Crippen molar-refractivity contribution in [1.82, 2.24) is 15.5 Å². The molecule has 10 nitrogen and oxygen atoms in total. The van der Waals surface area contributed by atoms with E-state index in [9.17, 15) is 19.2 Å². The summed E-state index contributed by atoms with van der Waals surface area (Å²) >= 11 is 0. The molecule has 0 fully saturated rings. The number of ether oxygens (including phenoxy) is 2. The molecule has 3 aromatic carbocycles. The van der Waals surface area contributed by atoms with Crippen LogP contribution in [-0.4, -0.2) is 55.0 Å². The molecular weight excluding hydrogens is 512 g/mol. The van der Waals surface area contributed by atoms with Crippen LogP contribution in [0.5, 0.6) is 5.75 Å². The zero-order chi connectivity index (χ0) is 28.3. The molecule has 0 bridgehead atoms. The van der Waals surface area contributed by atoms with Gasteiger partial charge in [0.1, 0.15) is 12.4 Å². The number of esters is 1. The number of amides is 4. The monoisotopic (exact) mass is 544 g/mol. The molecular formula is C30H32N4O6. The first-order valence-corrected chi connectivity index (χ1v) is 13.1. The summed E-state index contributed by atoms with van der Waals surface area (Å²) in [5.74, 6) is -0.896. The van der Waals surface area contributed by atoms with Crippen molar-refractivity contribution in [2.75, 3.05) is 31.6 Å². The fraction of sp³-hybridized carbons (Fsp3) is 0.267. The van der Waals surface area contributed by atoms with E-state index >= 15 is 0 Å². The second-order valence-electron chi connectivity index (χ2n) is 9.12. The second kappa shape index (κ2) is 13.8. The van der Waals surface area contributed by atoms with Gasteiger partial charge in [-0.1, -0.05) is 60.7 Å². The van der Waals surface area contributed by atoms with Gasteiger partial charge < -0.3 is 30.3 Å². The van der Waals surface area contributed by atoms with Crippen LogP contribution in [0.2, 0.25) is 0 Å². The van der Waals surface area contributed by atoms with Crippen LogP contribution in [0.25, 0.3) is 0 Å². The fourth-order valence-corrected chi connectivity index (χ4v) is 4.28. The molecule has 4 rings (SSSR count). The smallest absolute Gasteiger partial charge is 0.319 e. The van der Waals surface area contributed by atoms with Gasteiger partial charge in [-0.05, 0) is 36.2 Å². The standard InChI is InChI=1S/C30H32N4O6/c1-2-39-28(36)18-25(22-11-7-4-8-12-22)33-27(35)20-34-15-16-40-26-14-13-23(17-24(26)29(34)37)32-30(38)31-19-21-9-5-3-6-10-21/h3-14,17,25H,2,15-16,18-20H2,1H3,(H,33,35)(H2,31,32,38)/t25-/m1/s1. The Morgan fingerprint density at radius 2 is 1.73 bits per heavy atom. The summed E-state index contributed by atoms with van der Waals surface area (Å²) in [6.07, 6.45) is -0.0369. The van der Waals surface area contributed by atoms with E-state index in [4.69, 9.17) is 9.47 Å². The van der Waals surface area contributed by atoms with Crippen molar-refractivity contribution in [1.29, 1.82) is 0 Å². The van der Waals surface area contributed by atoms with Gasteiger partial charge in [0.2, 0.25) is 5.91 Å². The molecule has 10 heteroatoms. The van der Waals surface area contributed by atoms with Gasteiger partial charge in [0.15, 0.2) is 0 Å². The Balaban J connectivity index is 1.40. The number of benzene rings is 3. The van der Waals surface area contributed by atoms with Crippen LogP contribution in [0.15, 0.2) is 78.9 Å². The van der Waals surface area contributed by atoms with Crippen LogP contribution in [0.4, 0.5) is 10.5 Å². The van der Waals surface area contributed by atoms with Crippen LogP contribution >= 0.6 is 0 Å². The molecule has 0 radical (unpaired) electrons. The van der Waals surface area contributed by atoms with Gasteiger partial charge in [-0.15, -0.1) is 0 Å². The number of anilines is 1. The highest BCUT2D eigenvalue weighted by atomic mass is 16.5. The second-order valence-corrected chi connectivity index (χ2v) is 9.12. The average Bonchev–Trinajstić information content (AvgIpc) is 3.11. The molecule has 3 N–H and O–H groups in total. The highest BCUT2D eigenvalue weighted by Crippen LogP contribution is 2.27. The van der Waals surface area contributed by atoms with Gasteiger partial charge in [-0.3, -0.25) is 14.4 Å².